The molecule has 0 aliphatic rings. The summed E-state index contributed by atoms with van der Waals surface area (Å²) >= 11 is 11.8. The molecule has 0 spiro atoms. The van der Waals surface area contributed by atoms with Crippen LogP contribution in [0.5, 0.6) is 0 Å². The Kier molecular flexibility index (Phi) is 5.00. The van der Waals surface area contributed by atoms with E-state index in [2.05, 4.69) is 22.4 Å². The molecule has 1 aromatic carbocycles. The molecule has 0 radical (unpaired) electrons. The lowest BCUT2D eigenvalue weighted by Crippen LogP contribution is -2.13. The lowest BCUT2D eigenvalue weighted by atomic mass is 10.1. The van der Waals surface area contributed by atoms with Crippen molar-refractivity contribution in [1.29, 1.82) is 0 Å². The van der Waals surface area contributed by atoms with Gasteiger partial charge in [0.15, 0.2) is 0 Å². The number of benzene rings is 1. The summed E-state index contributed by atoms with van der Waals surface area (Å²) in [4.78, 5) is 3.96. The molecule has 4 heteroatoms. The second kappa shape index (κ2) is 6.74. The Morgan fingerprint density at radius 3 is 2.39 bits per heavy atom. The zero-order valence-corrected chi connectivity index (χ0v) is 11.4. The molecule has 0 saturated carbocycles. The standard InChI is InChI=1S/C14H14Cl2N2/c15-7-11-1-3-12(4-2-11)8-18-9-13-5-6-17-10-14(13)16/h1-6,10,18H,7-9H2. The third-order valence-corrected chi connectivity index (χ3v) is 3.33. The Hall–Kier alpha value is -1.09. The first-order chi connectivity index (χ1) is 8.79. The minimum atomic E-state index is 0.556. The quantitative estimate of drug-likeness (QED) is 0.844. The number of aromatic nitrogens is 1. The number of nitrogens with one attached hydrogen (secondary N) is 1. The van der Waals surface area contributed by atoms with Crippen LogP contribution in [-0.4, -0.2) is 4.98 Å². The molecule has 2 aromatic rings. The van der Waals surface area contributed by atoms with E-state index in [1.165, 1.54) is 5.56 Å². The fraction of sp³-hybridized carbons (Fsp3) is 0.214. The van der Waals surface area contributed by atoms with Crippen LogP contribution in [0.2, 0.25) is 5.02 Å². The molecule has 0 saturated heterocycles. The van der Waals surface area contributed by atoms with Crippen LogP contribution in [0.15, 0.2) is 42.7 Å². The Labute approximate surface area is 117 Å². The van der Waals surface area contributed by atoms with Crippen molar-refractivity contribution in [2.24, 2.45) is 0 Å². The van der Waals surface area contributed by atoms with Crippen molar-refractivity contribution in [2.45, 2.75) is 19.0 Å². The molecule has 0 amide bonds. The van der Waals surface area contributed by atoms with Crippen molar-refractivity contribution in [3.63, 3.8) is 0 Å². The fourth-order valence-electron chi connectivity index (χ4n) is 1.64. The molecule has 0 aliphatic heterocycles. The maximum absolute atomic E-state index is 6.03. The van der Waals surface area contributed by atoms with Gasteiger partial charge in [0.1, 0.15) is 0 Å². The van der Waals surface area contributed by atoms with Gasteiger partial charge in [0.05, 0.1) is 5.02 Å². The van der Waals surface area contributed by atoms with E-state index in [0.717, 1.165) is 24.2 Å². The van der Waals surface area contributed by atoms with Gasteiger partial charge >= 0.3 is 0 Å². The van der Waals surface area contributed by atoms with Gasteiger partial charge < -0.3 is 5.32 Å². The van der Waals surface area contributed by atoms with Gasteiger partial charge in [0, 0.05) is 31.4 Å². The molecule has 18 heavy (non-hydrogen) atoms. The van der Waals surface area contributed by atoms with E-state index in [1.807, 2.05) is 18.2 Å². The fourth-order valence-corrected chi connectivity index (χ4v) is 2.00. The molecular weight excluding hydrogens is 267 g/mol. The van der Waals surface area contributed by atoms with Gasteiger partial charge in [-0.15, -0.1) is 11.6 Å². The molecule has 0 aliphatic carbocycles. The number of rotatable bonds is 5. The van der Waals surface area contributed by atoms with Crippen LogP contribution >= 0.6 is 23.2 Å². The number of hydrogen-bond donors (Lipinski definition) is 1. The van der Waals surface area contributed by atoms with E-state index in [1.54, 1.807) is 12.4 Å². The zero-order valence-electron chi connectivity index (χ0n) is 9.87. The lowest BCUT2D eigenvalue weighted by Gasteiger charge is -2.07. The molecule has 1 N–H and O–H groups in total. The summed E-state index contributed by atoms with van der Waals surface area (Å²) in [6.45, 7) is 1.54. The maximum Gasteiger partial charge on any atom is 0.0634 e. The summed E-state index contributed by atoms with van der Waals surface area (Å²) in [6.07, 6.45) is 3.41. The largest absolute Gasteiger partial charge is 0.309 e. The number of nitrogens with zero attached hydrogens (tertiary/aromatic N) is 1. The summed E-state index contributed by atoms with van der Waals surface area (Å²) in [6, 6.07) is 10.2. The van der Waals surface area contributed by atoms with Crippen molar-refractivity contribution < 1.29 is 0 Å². The Morgan fingerprint density at radius 1 is 1.00 bits per heavy atom. The predicted octanol–water partition coefficient (Wildman–Crippen LogP) is 3.76. The summed E-state index contributed by atoms with van der Waals surface area (Å²) in [5.74, 6) is 0.556. The highest BCUT2D eigenvalue weighted by molar-refractivity contribution is 6.31. The zero-order chi connectivity index (χ0) is 12.8. The van der Waals surface area contributed by atoms with Crippen molar-refractivity contribution >= 4 is 23.2 Å². The summed E-state index contributed by atoms with van der Waals surface area (Å²) in [7, 11) is 0. The van der Waals surface area contributed by atoms with Gasteiger partial charge in [-0.05, 0) is 22.8 Å². The Balaban J connectivity index is 1.86. The van der Waals surface area contributed by atoms with Gasteiger partial charge in [-0.1, -0.05) is 35.9 Å². The van der Waals surface area contributed by atoms with Crippen molar-refractivity contribution in [2.75, 3.05) is 0 Å². The van der Waals surface area contributed by atoms with Crippen LogP contribution in [0, 0.1) is 0 Å². The van der Waals surface area contributed by atoms with E-state index in [9.17, 15) is 0 Å². The summed E-state index contributed by atoms with van der Waals surface area (Å²) in [5, 5.41) is 4.05. The van der Waals surface area contributed by atoms with Gasteiger partial charge in [-0.25, -0.2) is 0 Å². The third kappa shape index (κ3) is 3.70. The second-order valence-electron chi connectivity index (χ2n) is 4.02. The second-order valence-corrected chi connectivity index (χ2v) is 4.70. The number of pyridine rings is 1. The van der Waals surface area contributed by atoms with Crippen LogP contribution in [0.3, 0.4) is 0 Å². The molecule has 1 heterocycles. The first-order valence-corrected chi connectivity index (χ1v) is 6.63. The normalized spacial score (nSPS) is 10.6. The SMILES string of the molecule is ClCc1ccc(CNCc2ccncc2Cl)cc1. The molecule has 0 bridgehead atoms. The minimum absolute atomic E-state index is 0.556. The van der Waals surface area contributed by atoms with Crippen molar-refractivity contribution in [3.8, 4) is 0 Å². The number of alkyl halides is 1. The summed E-state index contributed by atoms with van der Waals surface area (Å²) in [5.41, 5.74) is 3.43. The third-order valence-electron chi connectivity index (χ3n) is 2.68. The van der Waals surface area contributed by atoms with E-state index in [0.29, 0.717) is 10.9 Å². The molecule has 2 rings (SSSR count). The lowest BCUT2D eigenvalue weighted by molar-refractivity contribution is 0.692. The minimum Gasteiger partial charge on any atom is -0.309 e. The maximum atomic E-state index is 6.03. The van der Waals surface area contributed by atoms with Crippen molar-refractivity contribution in [3.05, 3.63) is 64.4 Å². The highest BCUT2D eigenvalue weighted by Gasteiger charge is 1.99. The molecule has 1 aromatic heterocycles. The van der Waals surface area contributed by atoms with E-state index in [-0.39, 0.29) is 0 Å². The number of halogens is 2. The average molecular weight is 281 g/mol. The first-order valence-electron chi connectivity index (χ1n) is 5.72. The highest BCUT2D eigenvalue weighted by Crippen LogP contribution is 2.13. The molecule has 0 unspecified atom stereocenters. The van der Waals surface area contributed by atoms with E-state index >= 15 is 0 Å². The van der Waals surface area contributed by atoms with Crippen molar-refractivity contribution in [1.82, 2.24) is 10.3 Å². The topological polar surface area (TPSA) is 24.9 Å². The molecule has 0 atom stereocenters. The average Bonchev–Trinajstić information content (AvgIpc) is 2.42. The van der Waals surface area contributed by atoms with Gasteiger partial charge in [0.2, 0.25) is 0 Å². The van der Waals surface area contributed by atoms with Crippen LogP contribution in [0.25, 0.3) is 0 Å². The predicted molar refractivity (Wildman–Crippen MR) is 75.8 cm³/mol. The van der Waals surface area contributed by atoms with Crippen LogP contribution < -0.4 is 5.32 Å². The first kappa shape index (κ1) is 13.3. The van der Waals surface area contributed by atoms with Gasteiger partial charge in [-0.3, -0.25) is 4.98 Å². The molecule has 94 valence electrons. The van der Waals surface area contributed by atoms with Crippen LogP contribution in [0.1, 0.15) is 16.7 Å². The number of hydrogen-bond acceptors (Lipinski definition) is 2. The van der Waals surface area contributed by atoms with Crippen LogP contribution in [-0.2, 0) is 19.0 Å². The molecule has 0 fully saturated rings. The summed E-state index contributed by atoms with van der Waals surface area (Å²) < 4.78 is 0. The Morgan fingerprint density at radius 2 is 1.72 bits per heavy atom. The molecule has 2 nitrogen and oxygen atoms in total. The highest BCUT2D eigenvalue weighted by atomic mass is 35.5. The van der Waals surface area contributed by atoms with Gasteiger partial charge in [-0.2, -0.15) is 0 Å². The monoisotopic (exact) mass is 280 g/mol. The Bertz CT molecular complexity index is 497. The smallest absolute Gasteiger partial charge is 0.0634 e. The van der Waals surface area contributed by atoms with E-state index < -0.39 is 0 Å². The van der Waals surface area contributed by atoms with Gasteiger partial charge in [0.25, 0.3) is 0 Å². The van der Waals surface area contributed by atoms with E-state index in [4.69, 9.17) is 23.2 Å². The van der Waals surface area contributed by atoms with Crippen LogP contribution in [0.4, 0.5) is 0 Å². The molecular formula is C14H14Cl2N2.